The smallest absolute Gasteiger partial charge is 0.335 e. The van der Waals surface area contributed by atoms with Gasteiger partial charge in [0.2, 0.25) is 0 Å². The monoisotopic (exact) mass is 1110 g/mol. The van der Waals surface area contributed by atoms with Crippen LogP contribution in [-0.4, -0.2) is 22.2 Å². The van der Waals surface area contributed by atoms with Crippen LogP contribution >= 0.6 is 14.5 Å². The van der Waals surface area contributed by atoms with Gasteiger partial charge in [-0.3, -0.25) is 0 Å². The Morgan fingerprint density at radius 2 is 0.427 bits per heavy atom. The van der Waals surface area contributed by atoms with E-state index in [1.165, 1.54) is 54.6 Å². The van der Waals surface area contributed by atoms with Gasteiger partial charge in [-0.25, -0.2) is 9.59 Å². The van der Waals surface area contributed by atoms with Crippen molar-refractivity contribution in [2.75, 3.05) is 0 Å². The summed E-state index contributed by atoms with van der Waals surface area (Å²) in [6.45, 7) is 0. The van der Waals surface area contributed by atoms with E-state index in [9.17, 15) is 30.0 Å². The largest absolute Gasteiger partial charge is 2.00 e. The fourth-order valence-corrected chi connectivity index (χ4v) is 16.9. The predicted octanol–water partition coefficient (Wildman–Crippen LogP) is 7.44. The second-order valence-corrected chi connectivity index (χ2v) is 22.7. The van der Waals surface area contributed by atoms with E-state index >= 15 is 0 Å². The Kier molecular flexibility index (Phi) is 22.9. The molecule has 10 nitrogen and oxygen atoms in total. The van der Waals surface area contributed by atoms with E-state index in [1.54, 1.807) is 0 Å². The van der Waals surface area contributed by atoms with Crippen molar-refractivity contribution in [3.05, 3.63) is 290 Å². The van der Waals surface area contributed by atoms with Gasteiger partial charge >= 0.3 is 11.9 Å². The molecule has 0 heterocycles. The Morgan fingerprint density at radius 1 is 0.267 bits per heavy atom. The molecule has 0 atom stereocenters. The third kappa shape index (κ3) is 13.7. The maximum atomic E-state index is 10.7. The number of para-hydroxylation sites is 2. The van der Waals surface area contributed by atoms with Crippen LogP contribution in [0.1, 0.15) is 20.7 Å². The quantitative estimate of drug-likeness (QED) is 0.103. The molecule has 0 aliphatic heterocycles. The average Bonchev–Trinajstić information content (AvgIpc) is 3.44. The summed E-state index contributed by atoms with van der Waals surface area (Å²) in [6, 6.07) is 94.4. The van der Waals surface area contributed by atoms with E-state index in [-0.39, 0.29) is 32.0 Å². The van der Waals surface area contributed by atoms with Gasteiger partial charge in [-0.15, -0.1) is 23.0 Å². The Morgan fingerprint density at radius 3 is 0.560 bits per heavy atom. The average molecular weight is 1110 g/mol. The Labute approximate surface area is 451 Å². The number of rotatable bonds is 10. The maximum Gasteiger partial charge on any atom is 0.335 e. The van der Waals surface area contributed by atoms with Gasteiger partial charge in [-0.05, 0) is 109 Å². The molecular formula is C62H48MoO10P2-6. The number of benzene rings is 10. The minimum absolute atomic E-state index is 0. The van der Waals surface area contributed by atoms with Gasteiger partial charge in [0, 0.05) is 21.1 Å². The summed E-state index contributed by atoms with van der Waals surface area (Å²) in [7, 11) is -3.81. The van der Waals surface area contributed by atoms with E-state index in [4.69, 9.17) is 10.2 Å². The zero-order valence-electron chi connectivity index (χ0n) is 40.0. The first kappa shape index (κ1) is 59.4. The SMILES string of the molecule is O=C(O)c1cccc([O-])c1[O-].O=C(O)c1cccc([O-])c1[O-].[Mo].[O-2].[O-2].c1ccc([P+](c2ccccc2)(c2ccccc2)c2ccccc2)cc1.c1ccc([P+](c2ccccc2)(c2ccccc2)c2ccccc2)cc1. The van der Waals surface area contributed by atoms with Gasteiger partial charge in [0.25, 0.3) is 0 Å². The third-order valence-corrected chi connectivity index (χ3v) is 20.1. The number of carbonyl (C=O) groups is 2. The van der Waals surface area contributed by atoms with Crippen LogP contribution in [0.5, 0.6) is 23.0 Å². The molecule has 0 bridgehead atoms. The zero-order valence-corrected chi connectivity index (χ0v) is 43.8. The fourth-order valence-electron chi connectivity index (χ4n) is 8.37. The molecular weight excluding hydrogens is 1060 g/mol. The van der Waals surface area contributed by atoms with Gasteiger partial charge < -0.3 is 41.6 Å². The van der Waals surface area contributed by atoms with Crippen molar-refractivity contribution in [3.8, 4) is 23.0 Å². The van der Waals surface area contributed by atoms with E-state index in [0.29, 0.717) is 0 Å². The Balaban J connectivity index is 0.000000228. The molecule has 75 heavy (non-hydrogen) atoms. The minimum Gasteiger partial charge on any atom is -2.00 e. The van der Waals surface area contributed by atoms with E-state index < -0.39 is 60.6 Å². The maximum absolute atomic E-state index is 10.7. The summed E-state index contributed by atoms with van der Waals surface area (Å²) >= 11 is 0. The fraction of sp³-hybridized carbons (Fsp3) is 0. The second-order valence-electron chi connectivity index (χ2n) is 15.9. The molecule has 0 aromatic heterocycles. The molecule has 0 aliphatic carbocycles. The summed E-state index contributed by atoms with van der Waals surface area (Å²) in [5.41, 5.74) is -0.949. The summed E-state index contributed by atoms with van der Waals surface area (Å²) in [6.07, 6.45) is 0. The van der Waals surface area contributed by atoms with Gasteiger partial charge in [0.1, 0.15) is 57.0 Å². The molecule has 0 amide bonds. The standard InChI is InChI=1S/2C24H20P.2C7H6O4.Mo.2O/c2*1-5-13-21(14-6-1)25(22-15-7-2-8-16-22,23-17-9-3-10-18-23)24-19-11-4-12-20-24;2*8-5-3-1-2-4(6(5)9)7(10)11;;;/h2*1-20H;2*1-3,8-9H,(H,10,11);;;/q2*+1;;;;2*-2/p-4. The Bertz CT molecular complexity index is 2720. The van der Waals surface area contributed by atoms with Crippen molar-refractivity contribution in [2.24, 2.45) is 0 Å². The van der Waals surface area contributed by atoms with Crippen LogP contribution in [0.4, 0.5) is 0 Å². The molecule has 10 aromatic rings. The van der Waals surface area contributed by atoms with Crippen LogP contribution < -0.4 is 62.9 Å². The number of carboxylic acid groups (broad SMARTS) is 2. The van der Waals surface area contributed by atoms with E-state index in [1.807, 2.05) is 0 Å². The topological polar surface area (TPSA) is 224 Å². The van der Waals surface area contributed by atoms with Crippen molar-refractivity contribution in [3.63, 3.8) is 0 Å². The van der Waals surface area contributed by atoms with Crippen molar-refractivity contribution in [2.45, 2.75) is 0 Å². The van der Waals surface area contributed by atoms with Crippen LogP contribution in [0.2, 0.25) is 0 Å². The normalized spacial score (nSPS) is 10.2. The van der Waals surface area contributed by atoms with Gasteiger partial charge in [-0.1, -0.05) is 170 Å². The summed E-state index contributed by atoms with van der Waals surface area (Å²) in [5.74, 6) is -6.23. The predicted molar refractivity (Wildman–Crippen MR) is 288 cm³/mol. The van der Waals surface area contributed by atoms with Crippen LogP contribution in [0.15, 0.2) is 279 Å². The summed E-state index contributed by atoms with van der Waals surface area (Å²) in [5, 5.41) is 70.4. The number of aromatic carboxylic acids is 2. The molecule has 0 unspecified atom stereocenters. The molecule has 378 valence electrons. The third-order valence-electron chi connectivity index (χ3n) is 11.6. The van der Waals surface area contributed by atoms with Crippen LogP contribution in [-0.2, 0) is 32.0 Å². The molecule has 0 saturated heterocycles. The van der Waals surface area contributed by atoms with E-state index in [2.05, 4.69) is 243 Å². The van der Waals surface area contributed by atoms with Gasteiger partial charge in [0.05, 0.1) is 11.1 Å². The van der Waals surface area contributed by atoms with Crippen LogP contribution in [0.3, 0.4) is 0 Å². The Hall–Kier alpha value is -8.19. The van der Waals surface area contributed by atoms with Gasteiger partial charge in [-0.2, -0.15) is 0 Å². The molecule has 0 aliphatic rings. The molecule has 0 saturated carbocycles. The molecule has 10 rings (SSSR count). The first-order valence-corrected chi connectivity index (χ1v) is 26.3. The molecule has 0 spiro atoms. The van der Waals surface area contributed by atoms with Gasteiger partial charge in [0.15, 0.2) is 0 Å². The first-order valence-electron chi connectivity index (χ1n) is 22.7. The first-order chi connectivity index (χ1) is 35.1. The van der Waals surface area contributed by atoms with E-state index in [0.717, 1.165) is 24.3 Å². The number of hydrogen-bond acceptors (Lipinski definition) is 6. The minimum atomic E-state index is -1.91. The van der Waals surface area contributed by atoms with Crippen molar-refractivity contribution in [1.82, 2.24) is 0 Å². The zero-order chi connectivity index (χ0) is 50.8. The van der Waals surface area contributed by atoms with Crippen LogP contribution in [0.25, 0.3) is 0 Å². The summed E-state index contributed by atoms with van der Waals surface area (Å²) < 4.78 is 0. The molecule has 10 aromatic carbocycles. The van der Waals surface area contributed by atoms with Crippen molar-refractivity contribution >= 4 is 68.9 Å². The van der Waals surface area contributed by atoms with Crippen molar-refractivity contribution < 1.29 is 72.2 Å². The summed E-state index contributed by atoms with van der Waals surface area (Å²) in [4.78, 5) is 20.5. The second kappa shape index (κ2) is 28.9. The molecule has 0 radical (unpaired) electrons. The van der Waals surface area contributed by atoms with Crippen molar-refractivity contribution in [1.29, 1.82) is 0 Å². The molecule has 0 fully saturated rings. The number of hydrogen-bond donors (Lipinski definition) is 2. The van der Waals surface area contributed by atoms with Crippen LogP contribution in [0, 0.1) is 0 Å². The number of carboxylic acids is 2. The molecule has 13 heteroatoms. The molecule has 2 N–H and O–H groups in total.